The number of nitrogens with zero attached hydrogens (tertiary/aromatic N) is 1. The number of aromatic amines is 1. The van der Waals surface area contributed by atoms with Crippen molar-refractivity contribution in [1.82, 2.24) is 9.97 Å². The fourth-order valence-corrected chi connectivity index (χ4v) is 2.76. The van der Waals surface area contributed by atoms with Crippen molar-refractivity contribution in [3.05, 3.63) is 45.8 Å². The molecule has 0 saturated heterocycles. The van der Waals surface area contributed by atoms with Gasteiger partial charge in [0.2, 0.25) is 0 Å². The summed E-state index contributed by atoms with van der Waals surface area (Å²) in [6, 6.07) is 9.51. The van der Waals surface area contributed by atoms with E-state index >= 15 is 0 Å². The molecule has 2 heterocycles. The van der Waals surface area contributed by atoms with Gasteiger partial charge in [0.1, 0.15) is 10.5 Å². The molecule has 3 nitrogen and oxygen atoms in total. The van der Waals surface area contributed by atoms with Crippen molar-refractivity contribution in [3.63, 3.8) is 0 Å². The molecule has 1 aliphatic rings. The van der Waals surface area contributed by atoms with Crippen LogP contribution in [-0.2, 0) is 0 Å². The zero-order chi connectivity index (χ0) is 13.7. The van der Waals surface area contributed by atoms with Crippen LogP contribution in [0.15, 0.2) is 34.7 Å². The van der Waals surface area contributed by atoms with E-state index in [9.17, 15) is 0 Å². The summed E-state index contributed by atoms with van der Waals surface area (Å²) >= 11 is 11.4. The van der Waals surface area contributed by atoms with Crippen LogP contribution in [0.4, 0.5) is 0 Å². The fraction of sp³-hybridized carbons (Fsp3) is 0.200. The van der Waals surface area contributed by atoms with Crippen molar-refractivity contribution < 1.29 is 4.42 Å². The summed E-state index contributed by atoms with van der Waals surface area (Å²) in [5.41, 5.74) is 1.56. The highest BCUT2D eigenvalue weighted by Crippen LogP contribution is 2.39. The molecule has 0 unspecified atom stereocenters. The molecule has 4 rings (SSSR count). The second-order valence-electron chi connectivity index (χ2n) is 5.06. The van der Waals surface area contributed by atoms with Crippen molar-refractivity contribution in [2.24, 2.45) is 0 Å². The number of aromatic nitrogens is 2. The van der Waals surface area contributed by atoms with E-state index in [1.807, 2.05) is 30.3 Å². The number of hydrogen-bond donors (Lipinski definition) is 1. The van der Waals surface area contributed by atoms with Gasteiger partial charge in [-0.3, -0.25) is 0 Å². The lowest BCUT2D eigenvalue weighted by Gasteiger charge is -2.02. The Bertz CT molecular complexity index is 864. The number of furan rings is 1. The third-order valence-corrected chi connectivity index (χ3v) is 3.99. The Balaban J connectivity index is 1.90. The summed E-state index contributed by atoms with van der Waals surface area (Å²) in [5.74, 6) is 2.21. The van der Waals surface area contributed by atoms with Gasteiger partial charge in [-0.25, -0.2) is 4.98 Å². The molecule has 0 spiro atoms. The van der Waals surface area contributed by atoms with Gasteiger partial charge in [-0.05, 0) is 25.0 Å². The minimum atomic E-state index is 0.518. The molecule has 0 bridgehead atoms. The molecular weight excluding hydrogens is 292 g/mol. The van der Waals surface area contributed by atoms with E-state index in [0.717, 1.165) is 22.7 Å². The standard InChI is InChI=1S/C15H11ClN2OS/c16-10-3-1-2-9-6-12(19-14(9)10)11-7-13(20)18-15(17-11)8-4-5-8/h1-3,6-8H,4-5H2,(H,17,18,20). The zero-order valence-corrected chi connectivity index (χ0v) is 12.1. The Kier molecular flexibility index (Phi) is 2.69. The third-order valence-electron chi connectivity index (χ3n) is 3.49. The van der Waals surface area contributed by atoms with Crippen LogP contribution in [0.3, 0.4) is 0 Å². The Morgan fingerprint density at radius 1 is 1.30 bits per heavy atom. The van der Waals surface area contributed by atoms with Gasteiger partial charge in [0.25, 0.3) is 0 Å². The molecule has 1 N–H and O–H groups in total. The van der Waals surface area contributed by atoms with E-state index in [4.69, 9.17) is 28.2 Å². The summed E-state index contributed by atoms with van der Waals surface area (Å²) in [7, 11) is 0. The highest BCUT2D eigenvalue weighted by Gasteiger charge is 2.26. The van der Waals surface area contributed by atoms with Crippen LogP contribution in [0.1, 0.15) is 24.6 Å². The average molecular weight is 303 g/mol. The van der Waals surface area contributed by atoms with Gasteiger partial charge in [0, 0.05) is 17.4 Å². The maximum atomic E-state index is 6.14. The molecule has 1 fully saturated rings. The van der Waals surface area contributed by atoms with E-state index in [0.29, 0.717) is 21.2 Å². The molecular formula is C15H11ClN2OS. The van der Waals surface area contributed by atoms with Gasteiger partial charge in [0.05, 0.1) is 10.7 Å². The van der Waals surface area contributed by atoms with E-state index in [1.165, 1.54) is 12.8 Å². The summed E-state index contributed by atoms with van der Waals surface area (Å²) < 4.78 is 6.45. The summed E-state index contributed by atoms with van der Waals surface area (Å²) in [6.07, 6.45) is 2.35. The Hall–Kier alpha value is -1.65. The third kappa shape index (κ3) is 2.05. The van der Waals surface area contributed by atoms with Crippen molar-refractivity contribution in [1.29, 1.82) is 0 Å². The largest absolute Gasteiger partial charge is 0.453 e. The summed E-state index contributed by atoms with van der Waals surface area (Å²) in [6.45, 7) is 0. The minimum Gasteiger partial charge on any atom is -0.453 e. The maximum absolute atomic E-state index is 6.14. The molecule has 20 heavy (non-hydrogen) atoms. The first kappa shape index (κ1) is 12.1. The first-order valence-electron chi connectivity index (χ1n) is 6.50. The second-order valence-corrected chi connectivity index (χ2v) is 5.89. The van der Waals surface area contributed by atoms with Crippen LogP contribution in [0.5, 0.6) is 0 Å². The number of hydrogen-bond acceptors (Lipinski definition) is 3. The predicted molar refractivity (Wildman–Crippen MR) is 81.6 cm³/mol. The molecule has 5 heteroatoms. The van der Waals surface area contributed by atoms with Gasteiger partial charge >= 0.3 is 0 Å². The van der Waals surface area contributed by atoms with Gasteiger partial charge in [-0.2, -0.15) is 0 Å². The smallest absolute Gasteiger partial charge is 0.153 e. The van der Waals surface area contributed by atoms with E-state index in [1.54, 1.807) is 0 Å². The fourth-order valence-electron chi connectivity index (χ4n) is 2.32. The first-order valence-corrected chi connectivity index (χ1v) is 7.29. The van der Waals surface area contributed by atoms with E-state index in [2.05, 4.69) is 9.97 Å². The topological polar surface area (TPSA) is 41.8 Å². The van der Waals surface area contributed by atoms with Crippen molar-refractivity contribution >= 4 is 34.8 Å². The quantitative estimate of drug-likeness (QED) is 0.671. The van der Waals surface area contributed by atoms with Crippen molar-refractivity contribution in [3.8, 4) is 11.5 Å². The SMILES string of the molecule is S=c1cc(-c2cc3cccc(Cl)c3o2)[nH]c(C2CC2)n1. The molecule has 1 aliphatic carbocycles. The van der Waals surface area contributed by atoms with Crippen molar-refractivity contribution in [2.45, 2.75) is 18.8 Å². The molecule has 100 valence electrons. The van der Waals surface area contributed by atoms with E-state index < -0.39 is 0 Å². The summed E-state index contributed by atoms with van der Waals surface area (Å²) in [5, 5.41) is 1.60. The van der Waals surface area contributed by atoms with Crippen LogP contribution in [0.25, 0.3) is 22.4 Å². The Morgan fingerprint density at radius 2 is 2.15 bits per heavy atom. The molecule has 1 saturated carbocycles. The van der Waals surface area contributed by atoms with Crippen molar-refractivity contribution in [2.75, 3.05) is 0 Å². The molecule has 0 atom stereocenters. The molecule has 3 aromatic rings. The summed E-state index contributed by atoms with van der Waals surface area (Å²) in [4.78, 5) is 7.71. The van der Waals surface area contributed by atoms with Gasteiger partial charge in [0.15, 0.2) is 11.3 Å². The molecule has 1 aromatic carbocycles. The Labute approximate surface area is 125 Å². The van der Waals surface area contributed by atoms with E-state index in [-0.39, 0.29) is 0 Å². The highest BCUT2D eigenvalue weighted by molar-refractivity contribution is 7.71. The van der Waals surface area contributed by atoms with Gasteiger partial charge < -0.3 is 9.40 Å². The lowest BCUT2D eigenvalue weighted by atomic mass is 10.2. The number of nitrogens with one attached hydrogen (secondary N) is 1. The monoisotopic (exact) mass is 302 g/mol. The lowest BCUT2D eigenvalue weighted by molar-refractivity contribution is 0.627. The van der Waals surface area contributed by atoms with Crippen LogP contribution in [0.2, 0.25) is 5.02 Å². The lowest BCUT2D eigenvalue weighted by Crippen LogP contribution is -1.94. The van der Waals surface area contributed by atoms with Crippen LogP contribution in [0, 0.1) is 4.64 Å². The number of rotatable bonds is 2. The number of fused-ring (bicyclic) bond motifs is 1. The van der Waals surface area contributed by atoms with Crippen LogP contribution in [-0.4, -0.2) is 9.97 Å². The minimum absolute atomic E-state index is 0.518. The van der Waals surface area contributed by atoms with Gasteiger partial charge in [-0.1, -0.05) is 36.0 Å². The first-order chi connectivity index (χ1) is 9.70. The second kappa shape index (κ2) is 4.43. The van der Waals surface area contributed by atoms with Crippen LogP contribution >= 0.6 is 23.8 Å². The normalized spacial score (nSPS) is 14.8. The number of H-pyrrole nitrogens is 1. The molecule has 2 aromatic heterocycles. The Morgan fingerprint density at radius 3 is 2.90 bits per heavy atom. The predicted octanol–water partition coefficient (Wildman–Crippen LogP) is 5.08. The highest BCUT2D eigenvalue weighted by atomic mass is 35.5. The zero-order valence-electron chi connectivity index (χ0n) is 10.5. The number of para-hydroxylation sites is 1. The number of benzene rings is 1. The molecule has 0 amide bonds. The maximum Gasteiger partial charge on any atom is 0.153 e. The molecule has 0 radical (unpaired) electrons. The van der Waals surface area contributed by atoms with Gasteiger partial charge in [-0.15, -0.1) is 0 Å². The van der Waals surface area contributed by atoms with Crippen LogP contribution < -0.4 is 0 Å². The molecule has 0 aliphatic heterocycles. The average Bonchev–Trinajstić information content (AvgIpc) is 3.18. The number of halogens is 1.